The van der Waals surface area contributed by atoms with E-state index in [1.807, 2.05) is 0 Å². The van der Waals surface area contributed by atoms with E-state index in [2.05, 4.69) is 4.98 Å². The molecule has 0 radical (unpaired) electrons. The van der Waals surface area contributed by atoms with Crippen molar-refractivity contribution in [2.75, 3.05) is 5.75 Å². The van der Waals surface area contributed by atoms with Crippen LogP contribution >= 0.6 is 21.6 Å². The summed E-state index contributed by atoms with van der Waals surface area (Å²) in [5.74, 6) is -3.91. The van der Waals surface area contributed by atoms with Crippen molar-refractivity contribution in [3.05, 3.63) is 24.4 Å². The first-order chi connectivity index (χ1) is 11.7. The molecule has 1 aromatic heterocycles. The number of imide groups is 1. The van der Waals surface area contributed by atoms with E-state index in [1.165, 1.54) is 10.8 Å². The molecule has 0 bridgehead atoms. The molecule has 25 heavy (non-hydrogen) atoms. The number of pyridine rings is 1. The van der Waals surface area contributed by atoms with E-state index in [1.54, 1.807) is 24.4 Å². The van der Waals surface area contributed by atoms with Gasteiger partial charge in [0.05, 0.1) is 0 Å². The van der Waals surface area contributed by atoms with Crippen molar-refractivity contribution in [2.24, 2.45) is 0 Å². The van der Waals surface area contributed by atoms with Crippen LogP contribution in [-0.2, 0) is 24.5 Å². The third-order valence-corrected chi connectivity index (χ3v) is 7.16. The first kappa shape index (κ1) is 19.7. The Morgan fingerprint density at radius 3 is 2.40 bits per heavy atom. The summed E-state index contributed by atoms with van der Waals surface area (Å²) in [5, 5.41) is 10.1. The van der Waals surface area contributed by atoms with Crippen molar-refractivity contribution in [3.63, 3.8) is 0 Å². The fourth-order valence-electron chi connectivity index (χ4n) is 2.33. The largest absolute Gasteiger partial charge is 0.479 e. The summed E-state index contributed by atoms with van der Waals surface area (Å²) in [4.78, 5) is 36.6. The molecule has 2 amide bonds. The minimum atomic E-state index is -5.27. The molecule has 1 saturated heterocycles. The second-order valence-electron chi connectivity index (χ2n) is 5.01. The molecule has 1 aliphatic rings. The maximum atomic E-state index is 11.9. The predicted octanol–water partition coefficient (Wildman–Crippen LogP) is 1.03. The van der Waals surface area contributed by atoms with Gasteiger partial charge < -0.3 is 5.11 Å². The Balaban J connectivity index is 2.22. The van der Waals surface area contributed by atoms with Gasteiger partial charge in [0.25, 0.3) is 4.87 Å². The minimum Gasteiger partial charge on any atom is -0.479 e. The zero-order chi connectivity index (χ0) is 18.7. The van der Waals surface area contributed by atoms with Crippen molar-refractivity contribution >= 4 is 49.5 Å². The van der Waals surface area contributed by atoms with E-state index in [9.17, 15) is 32.5 Å². The number of hydrogen-bond donors (Lipinski definition) is 2. The number of likely N-dealkylation sites (tertiary alicyclic amines) is 1. The van der Waals surface area contributed by atoms with Crippen LogP contribution in [0.1, 0.15) is 19.3 Å². The molecule has 136 valence electrons. The number of rotatable bonds is 8. The summed E-state index contributed by atoms with van der Waals surface area (Å²) in [6, 6.07) is 5.17. The Hall–Kier alpha value is -1.63. The van der Waals surface area contributed by atoms with E-state index in [-0.39, 0.29) is 23.5 Å². The predicted molar refractivity (Wildman–Crippen MR) is 90.2 cm³/mol. The molecule has 0 spiro atoms. The highest BCUT2D eigenvalue weighted by Gasteiger charge is 2.60. The van der Waals surface area contributed by atoms with Crippen LogP contribution in [0.2, 0.25) is 0 Å². The molecule has 1 aromatic rings. The van der Waals surface area contributed by atoms with Gasteiger partial charge in [0.2, 0.25) is 11.8 Å². The number of carbonyl (C=O) groups excluding carboxylic acids is 2. The summed E-state index contributed by atoms with van der Waals surface area (Å²) in [7, 11) is -3.00. The second kappa shape index (κ2) is 7.72. The van der Waals surface area contributed by atoms with E-state index < -0.39 is 39.2 Å². The van der Waals surface area contributed by atoms with Crippen molar-refractivity contribution < 1.29 is 32.5 Å². The van der Waals surface area contributed by atoms with Gasteiger partial charge in [0.1, 0.15) is 5.03 Å². The summed E-state index contributed by atoms with van der Waals surface area (Å²) in [5.41, 5.74) is 0. The summed E-state index contributed by atoms with van der Waals surface area (Å²) in [6.45, 7) is 0. The van der Waals surface area contributed by atoms with Crippen molar-refractivity contribution in [3.8, 4) is 0 Å². The Kier molecular flexibility index (Phi) is 6.08. The monoisotopic (exact) mass is 406 g/mol. The molecule has 9 nitrogen and oxygen atoms in total. The molecule has 1 unspecified atom stereocenters. The third kappa shape index (κ3) is 3.97. The van der Waals surface area contributed by atoms with Gasteiger partial charge in [-0.15, -0.1) is 0 Å². The number of aromatic nitrogens is 1. The summed E-state index contributed by atoms with van der Waals surface area (Å²) in [6.07, 6.45) is 0.325. The molecule has 1 aliphatic heterocycles. The number of nitrogens with zero attached hydrogens (tertiary/aromatic N) is 2. The zero-order valence-corrected chi connectivity index (χ0v) is 15.1. The SMILES string of the molecule is O=C1CCC(=O)N1C(CCSSc1ccccn1)(C(=O)O)S(=O)(=O)O. The lowest BCUT2D eigenvalue weighted by Crippen LogP contribution is -2.62. The van der Waals surface area contributed by atoms with E-state index in [0.29, 0.717) is 5.03 Å². The number of carboxylic acid groups (broad SMARTS) is 1. The minimum absolute atomic E-state index is 0.0651. The Labute approximate surface area is 151 Å². The van der Waals surface area contributed by atoms with Crippen LogP contribution in [0, 0.1) is 0 Å². The second-order valence-corrected chi connectivity index (χ2v) is 9.07. The van der Waals surface area contributed by atoms with E-state index in [0.717, 1.165) is 10.8 Å². The van der Waals surface area contributed by atoms with Gasteiger partial charge in [-0.25, -0.2) is 14.7 Å². The lowest BCUT2D eigenvalue weighted by Gasteiger charge is -2.33. The van der Waals surface area contributed by atoms with Crippen LogP contribution in [0.4, 0.5) is 0 Å². The number of hydrogen-bond acceptors (Lipinski definition) is 8. The topological polar surface area (TPSA) is 142 Å². The van der Waals surface area contributed by atoms with Crippen LogP contribution in [0.3, 0.4) is 0 Å². The molecule has 2 heterocycles. The molecule has 1 atom stereocenters. The maximum Gasteiger partial charge on any atom is 0.348 e. The molecule has 0 aromatic carbocycles. The fourth-order valence-corrected chi connectivity index (χ4v) is 5.45. The normalized spacial score (nSPS) is 17.6. The number of carboxylic acids is 1. The van der Waals surface area contributed by atoms with Crippen LogP contribution in [0.25, 0.3) is 0 Å². The Morgan fingerprint density at radius 1 is 1.28 bits per heavy atom. The van der Waals surface area contributed by atoms with Crippen molar-refractivity contribution in [1.82, 2.24) is 9.88 Å². The van der Waals surface area contributed by atoms with Gasteiger partial charge in [-0.3, -0.25) is 14.1 Å². The highest BCUT2D eigenvalue weighted by molar-refractivity contribution is 8.76. The molecule has 12 heteroatoms. The average Bonchev–Trinajstić information content (AvgIpc) is 2.87. The number of aliphatic carboxylic acids is 1. The zero-order valence-electron chi connectivity index (χ0n) is 12.7. The molecule has 2 N–H and O–H groups in total. The van der Waals surface area contributed by atoms with Crippen LogP contribution in [-0.4, -0.2) is 56.4 Å². The third-order valence-electron chi connectivity index (χ3n) is 3.48. The van der Waals surface area contributed by atoms with E-state index in [4.69, 9.17) is 0 Å². The highest BCUT2D eigenvalue weighted by atomic mass is 33.1. The van der Waals surface area contributed by atoms with Crippen LogP contribution in [0.5, 0.6) is 0 Å². The smallest absolute Gasteiger partial charge is 0.348 e. The maximum absolute atomic E-state index is 11.9. The van der Waals surface area contributed by atoms with Crippen molar-refractivity contribution in [1.29, 1.82) is 0 Å². The van der Waals surface area contributed by atoms with Gasteiger partial charge in [-0.1, -0.05) is 16.9 Å². The first-order valence-electron chi connectivity index (χ1n) is 6.97. The molecule has 0 saturated carbocycles. The Morgan fingerprint density at radius 2 is 1.92 bits per heavy atom. The number of amides is 2. The van der Waals surface area contributed by atoms with E-state index >= 15 is 0 Å². The molecule has 0 aliphatic carbocycles. The van der Waals surface area contributed by atoms with Gasteiger partial charge in [-0.2, -0.15) is 8.42 Å². The van der Waals surface area contributed by atoms with Gasteiger partial charge in [0, 0.05) is 31.2 Å². The quantitative estimate of drug-likeness (QED) is 0.278. The summed E-state index contributed by atoms with van der Waals surface area (Å²) >= 11 is 0. The number of carbonyl (C=O) groups is 3. The molecule has 1 fully saturated rings. The highest BCUT2D eigenvalue weighted by Crippen LogP contribution is 2.36. The lowest BCUT2D eigenvalue weighted by atomic mass is 10.2. The average molecular weight is 406 g/mol. The van der Waals surface area contributed by atoms with Crippen LogP contribution in [0.15, 0.2) is 29.4 Å². The van der Waals surface area contributed by atoms with Crippen molar-refractivity contribution in [2.45, 2.75) is 29.2 Å². The lowest BCUT2D eigenvalue weighted by molar-refractivity contribution is -0.157. The summed E-state index contributed by atoms with van der Waals surface area (Å²) < 4.78 is 33.2. The molecular formula is C13H14N2O7S3. The standard InChI is InChI=1S/C13H14N2O7S3/c16-10-4-5-11(17)15(10)13(12(18)19,25(20,21)22)6-8-23-24-9-3-1-2-7-14-9/h1-3,7H,4-6,8H2,(H,18,19)(H,20,21,22). The van der Waals surface area contributed by atoms with Gasteiger partial charge in [-0.05, 0) is 22.9 Å². The molecular weight excluding hydrogens is 392 g/mol. The first-order valence-corrected chi connectivity index (χ1v) is 10.7. The Bertz CT molecular complexity index is 768. The van der Waals surface area contributed by atoms with Gasteiger partial charge >= 0.3 is 16.1 Å². The fraction of sp³-hybridized carbons (Fsp3) is 0.385. The van der Waals surface area contributed by atoms with Crippen LogP contribution < -0.4 is 0 Å². The molecule has 2 rings (SSSR count). The van der Waals surface area contributed by atoms with Gasteiger partial charge in [0.15, 0.2) is 0 Å².